The molecule has 4 rings (SSSR count). The third kappa shape index (κ3) is 4.20. The van der Waals surface area contributed by atoms with Gasteiger partial charge in [-0.25, -0.2) is 0 Å². The highest BCUT2D eigenvalue weighted by Crippen LogP contribution is 2.29. The Morgan fingerprint density at radius 2 is 1.47 bits per heavy atom. The number of carbonyl (C=O) groups excluding carboxylic acids is 1. The molecule has 0 aliphatic rings. The predicted molar refractivity (Wildman–Crippen MR) is 121 cm³/mol. The molecule has 150 valence electrons. The summed E-state index contributed by atoms with van der Waals surface area (Å²) in [5, 5.41) is 2.25. The molecule has 3 heteroatoms. The Hall–Kier alpha value is -3.59. The molecule has 0 N–H and O–H groups in total. The van der Waals surface area contributed by atoms with E-state index in [0.29, 0.717) is 6.42 Å². The molecule has 0 spiro atoms. The summed E-state index contributed by atoms with van der Waals surface area (Å²) in [7, 11) is 3.34. The van der Waals surface area contributed by atoms with Gasteiger partial charge in [0.2, 0.25) is 0 Å². The molecule has 0 bridgehead atoms. The maximum absolute atomic E-state index is 12.9. The number of rotatable bonds is 7. The van der Waals surface area contributed by atoms with Crippen LogP contribution in [0.3, 0.4) is 0 Å². The minimum Gasteiger partial charge on any atom is -0.497 e. The maximum atomic E-state index is 12.9. The van der Waals surface area contributed by atoms with Gasteiger partial charge in [0.1, 0.15) is 11.5 Å². The van der Waals surface area contributed by atoms with Crippen molar-refractivity contribution in [2.24, 2.45) is 0 Å². The second-order valence-corrected chi connectivity index (χ2v) is 7.28. The van der Waals surface area contributed by atoms with Crippen LogP contribution in [0.1, 0.15) is 27.0 Å². The molecule has 3 nitrogen and oxygen atoms in total. The van der Waals surface area contributed by atoms with Crippen LogP contribution < -0.4 is 9.47 Å². The number of Topliss-reactive ketones (excluding diaryl/α,β-unsaturated/α-hetero) is 1. The van der Waals surface area contributed by atoms with Gasteiger partial charge in [0.25, 0.3) is 0 Å². The van der Waals surface area contributed by atoms with Crippen LogP contribution in [0.2, 0.25) is 0 Å². The Morgan fingerprint density at radius 1 is 0.767 bits per heavy atom. The minimum atomic E-state index is 0.124. The van der Waals surface area contributed by atoms with Crippen molar-refractivity contribution in [2.75, 3.05) is 14.2 Å². The molecule has 0 atom stereocenters. The average Bonchev–Trinajstić information content (AvgIpc) is 2.81. The van der Waals surface area contributed by atoms with Gasteiger partial charge >= 0.3 is 0 Å². The summed E-state index contributed by atoms with van der Waals surface area (Å²) in [4.78, 5) is 12.9. The zero-order valence-electron chi connectivity index (χ0n) is 17.2. The standard InChI is InChI=1S/C27H24O3/c1-29-23-12-8-19(9-13-23)16-26-22(18-27(28)20-6-4-3-5-7-20)11-10-21-17-24(30-2)14-15-25(21)26/h3-15,17H,16,18H2,1-2H3. The van der Waals surface area contributed by atoms with Crippen molar-refractivity contribution in [3.8, 4) is 11.5 Å². The lowest BCUT2D eigenvalue weighted by atomic mass is 9.90. The van der Waals surface area contributed by atoms with E-state index in [0.717, 1.165) is 39.8 Å². The molecular formula is C27H24O3. The molecule has 0 amide bonds. The highest BCUT2D eigenvalue weighted by molar-refractivity contribution is 5.99. The van der Waals surface area contributed by atoms with Crippen molar-refractivity contribution >= 4 is 16.6 Å². The molecule has 0 aromatic heterocycles. The fourth-order valence-corrected chi connectivity index (χ4v) is 3.77. The summed E-state index contributed by atoms with van der Waals surface area (Å²) < 4.78 is 10.7. The molecule has 0 aliphatic heterocycles. The zero-order chi connectivity index (χ0) is 20.9. The van der Waals surface area contributed by atoms with Gasteiger partial charge in [-0.1, -0.05) is 60.7 Å². The van der Waals surface area contributed by atoms with Crippen LogP contribution in [0.15, 0.2) is 84.9 Å². The predicted octanol–water partition coefficient (Wildman–Crippen LogP) is 5.87. The van der Waals surface area contributed by atoms with E-state index >= 15 is 0 Å². The fourth-order valence-electron chi connectivity index (χ4n) is 3.77. The average molecular weight is 396 g/mol. The molecule has 4 aromatic rings. The van der Waals surface area contributed by atoms with Crippen molar-refractivity contribution in [3.05, 3.63) is 107 Å². The first-order chi connectivity index (χ1) is 14.7. The van der Waals surface area contributed by atoms with Crippen LogP contribution in [0, 0.1) is 0 Å². The summed E-state index contributed by atoms with van der Waals surface area (Å²) in [5.74, 6) is 1.78. The monoisotopic (exact) mass is 396 g/mol. The van der Waals surface area contributed by atoms with Crippen molar-refractivity contribution in [1.29, 1.82) is 0 Å². The van der Waals surface area contributed by atoms with Crippen molar-refractivity contribution in [1.82, 2.24) is 0 Å². The van der Waals surface area contributed by atoms with Crippen LogP contribution in [0.4, 0.5) is 0 Å². The molecule has 0 radical (unpaired) electrons. The van der Waals surface area contributed by atoms with Crippen LogP contribution in [-0.4, -0.2) is 20.0 Å². The second kappa shape index (κ2) is 8.83. The molecule has 0 fully saturated rings. The van der Waals surface area contributed by atoms with Crippen LogP contribution >= 0.6 is 0 Å². The molecule has 0 saturated heterocycles. The van der Waals surface area contributed by atoms with Gasteiger partial charge in [-0.05, 0) is 58.1 Å². The summed E-state index contributed by atoms with van der Waals surface area (Å²) in [6.07, 6.45) is 1.11. The number of methoxy groups -OCH3 is 2. The summed E-state index contributed by atoms with van der Waals surface area (Å²) in [6, 6.07) is 27.8. The largest absolute Gasteiger partial charge is 0.497 e. The van der Waals surface area contributed by atoms with Gasteiger partial charge in [-0.15, -0.1) is 0 Å². The highest BCUT2D eigenvalue weighted by Gasteiger charge is 2.14. The number of hydrogen-bond donors (Lipinski definition) is 0. The maximum Gasteiger partial charge on any atom is 0.167 e. The molecule has 0 heterocycles. The van der Waals surface area contributed by atoms with Crippen molar-refractivity contribution in [3.63, 3.8) is 0 Å². The van der Waals surface area contributed by atoms with Crippen molar-refractivity contribution < 1.29 is 14.3 Å². The lowest BCUT2D eigenvalue weighted by Crippen LogP contribution is -2.07. The van der Waals surface area contributed by atoms with Gasteiger partial charge in [0.15, 0.2) is 5.78 Å². The molecule has 0 unspecified atom stereocenters. The highest BCUT2D eigenvalue weighted by atomic mass is 16.5. The van der Waals surface area contributed by atoms with E-state index in [1.807, 2.05) is 54.6 Å². The van der Waals surface area contributed by atoms with Gasteiger partial charge in [-0.3, -0.25) is 4.79 Å². The number of benzene rings is 4. The Morgan fingerprint density at radius 3 is 2.17 bits per heavy atom. The smallest absolute Gasteiger partial charge is 0.167 e. The number of fused-ring (bicyclic) bond motifs is 1. The lowest BCUT2D eigenvalue weighted by Gasteiger charge is -2.15. The zero-order valence-corrected chi connectivity index (χ0v) is 17.2. The Bertz CT molecular complexity index is 1160. The quantitative estimate of drug-likeness (QED) is 0.366. The third-order valence-electron chi connectivity index (χ3n) is 5.42. The first-order valence-corrected chi connectivity index (χ1v) is 9.97. The van der Waals surface area contributed by atoms with E-state index in [-0.39, 0.29) is 5.78 Å². The second-order valence-electron chi connectivity index (χ2n) is 7.28. The van der Waals surface area contributed by atoms with Crippen molar-refractivity contribution in [2.45, 2.75) is 12.8 Å². The summed E-state index contributed by atoms with van der Waals surface area (Å²) in [6.45, 7) is 0. The van der Waals surface area contributed by atoms with Gasteiger partial charge in [-0.2, -0.15) is 0 Å². The van der Waals surface area contributed by atoms with Gasteiger partial charge in [0, 0.05) is 12.0 Å². The summed E-state index contributed by atoms with van der Waals surface area (Å²) >= 11 is 0. The van der Waals surface area contributed by atoms with E-state index in [2.05, 4.69) is 30.3 Å². The molecule has 4 aromatic carbocycles. The van der Waals surface area contributed by atoms with Gasteiger partial charge in [0.05, 0.1) is 14.2 Å². The number of ketones is 1. The minimum absolute atomic E-state index is 0.124. The number of carbonyl (C=O) groups is 1. The fraction of sp³-hybridized carbons (Fsp3) is 0.148. The van der Waals surface area contributed by atoms with E-state index in [1.54, 1.807) is 14.2 Å². The van der Waals surface area contributed by atoms with Gasteiger partial charge < -0.3 is 9.47 Å². The van der Waals surface area contributed by atoms with Crippen LogP contribution in [0.25, 0.3) is 10.8 Å². The van der Waals surface area contributed by atoms with E-state index < -0.39 is 0 Å². The van der Waals surface area contributed by atoms with Crippen LogP contribution in [-0.2, 0) is 12.8 Å². The van der Waals surface area contributed by atoms with Crippen LogP contribution in [0.5, 0.6) is 11.5 Å². The topological polar surface area (TPSA) is 35.5 Å². The Kier molecular flexibility index (Phi) is 5.80. The first-order valence-electron chi connectivity index (χ1n) is 9.97. The first kappa shape index (κ1) is 19.7. The number of hydrogen-bond acceptors (Lipinski definition) is 3. The van der Waals surface area contributed by atoms with E-state index in [9.17, 15) is 4.79 Å². The SMILES string of the molecule is COc1ccc(Cc2c(CC(=O)c3ccccc3)ccc3cc(OC)ccc23)cc1. The normalized spacial score (nSPS) is 10.7. The lowest BCUT2D eigenvalue weighted by molar-refractivity contribution is 0.0993. The molecule has 0 aliphatic carbocycles. The Labute approximate surface area is 176 Å². The molecular weight excluding hydrogens is 372 g/mol. The number of ether oxygens (including phenoxy) is 2. The van der Waals surface area contributed by atoms with E-state index in [4.69, 9.17) is 9.47 Å². The van der Waals surface area contributed by atoms with E-state index in [1.165, 1.54) is 11.1 Å². The molecule has 0 saturated carbocycles. The summed E-state index contributed by atoms with van der Waals surface area (Å²) in [5.41, 5.74) is 4.14. The molecule has 30 heavy (non-hydrogen) atoms. The Balaban J connectivity index is 1.76. The third-order valence-corrected chi connectivity index (χ3v) is 5.42.